The van der Waals surface area contributed by atoms with Crippen LogP contribution in [0.25, 0.3) is 0 Å². The standard InChI is InChI=1S/C15H24BNO4/c1-20-11-12-5-7-17(8-6-12)10-13-9-14(21-2)3-4-15(13)16(18)19/h3-4,9,12,18-19H,5-8,10-11H2,1-2H3. The van der Waals surface area contributed by atoms with E-state index in [0.717, 1.165) is 43.9 Å². The summed E-state index contributed by atoms with van der Waals surface area (Å²) >= 11 is 0. The number of methoxy groups -OCH3 is 2. The number of hydrogen-bond acceptors (Lipinski definition) is 5. The van der Waals surface area contributed by atoms with Crippen molar-refractivity contribution in [3.05, 3.63) is 23.8 Å². The van der Waals surface area contributed by atoms with E-state index in [0.29, 0.717) is 17.9 Å². The van der Waals surface area contributed by atoms with Crippen LogP contribution in [0, 0.1) is 5.92 Å². The Hall–Kier alpha value is -1.08. The van der Waals surface area contributed by atoms with Gasteiger partial charge in [-0.1, -0.05) is 6.07 Å². The highest BCUT2D eigenvalue weighted by Gasteiger charge is 2.22. The monoisotopic (exact) mass is 293 g/mol. The molecule has 0 unspecified atom stereocenters. The molecule has 1 aliphatic heterocycles. The summed E-state index contributed by atoms with van der Waals surface area (Å²) in [6, 6.07) is 5.36. The van der Waals surface area contributed by atoms with Gasteiger partial charge in [-0.3, -0.25) is 4.90 Å². The van der Waals surface area contributed by atoms with E-state index < -0.39 is 7.12 Å². The Morgan fingerprint density at radius 3 is 2.52 bits per heavy atom. The van der Waals surface area contributed by atoms with Crippen molar-refractivity contribution >= 4 is 12.6 Å². The Morgan fingerprint density at radius 2 is 1.95 bits per heavy atom. The molecule has 1 saturated heterocycles. The van der Waals surface area contributed by atoms with Gasteiger partial charge in [-0.25, -0.2) is 0 Å². The van der Waals surface area contributed by atoms with E-state index >= 15 is 0 Å². The van der Waals surface area contributed by atoms with Gasteiger partial charge in [0.25, 0.3) is 0 Å². The Morgan fingerprint density at radius 1 is 1.24 bits per heavy atom. The summed E-state index contributed by atoms with van der Waals surface area (Å²) in [4.78, 5) is 2.34. The van der Waals surface area contributed by atoms with Crippen molar-refractivity contribution in [1.29, 1.82) is 0 Å². The van der Waals surface area contributed by atoms with Crippen LogP contribution in [0.4, 0.5) is 0 Å². The molecule has 0 radical (unpaired) electrons. The normalized spacial score (nSPS) is 17.0. The van der Waals surface area contributed by atoms with Crippen molar-refractivity contribution in [2.24, 2.45) is 5.92 Å². The van der Waals surface area contributed by atoms with Crippen molar-refractivity contribution < 1.29 is 19.5 Å². The van der Waals surface area contributed by atoms with Crippen molar-refractivity contribution in [2.45, 2.75) is 19.4 Å². The third-order valence-corrected chi connectivity index (χ3v) is 4.13. The summed E-state index contributed by atoms with van der Waals surface area (Å²) in [5.74, 6) is 1.38. The van der Waals surface area contributed by atoms with Crippen molar-refractivity contribution in [3.8, 4) is 5.75 Å². The molecule has 0 amide bonds. The van der Waals surface area contributed by atoms with Gasteiger partial charge in [0.1, 0.15) is 5.75 Å². The summed E-state index contributed by atoms with van der Waals surface area (Å²) in [6.45, 7) is 3.55. The lowest BCUT2D eigenvalue weighted by Crippen LogP contribution is -2.39. The van der Waals surface area contributed by atoms with Gasteiger partial charge in [0.15, 0.2) is 0 Å². The fraction of sp³-hybridized carbons (Fsp3) is 0.600. The van der Waals surface area contributed by atoms with Crippen LogP contribution in [0.1, 0.15) is 18.4 Å². The minimum Gasteiger partial charge on any atom is -0.497 e. The zero-order chi connectivity index (χ0) is 15.2. The summed E-state index contributed by atoms with van der Waals surface area (Å²) in [5, 5.41) is 19.0. The van der Waals surface area contributed by atoms with Crippen LogP contribution in [-0.4, -0.2) is 56.0 Å². The summed E-state index contributed by atoms with van der Waals surface area (Å²) < 4.78 is 10.4. The zero-order valence-electron chi connectivity index (χ0n) is 12.8. The molecule has 116 valence electrons. The van der Waals surface area contributed by atoms with Gasteiger partial charge >= 0.3 is 7.12 Å². The Balaban J connectivity index is 2.02. The van der Waals surface area contributed by atoms with Crippen LogP contribution in [0.2, 0.25) is 0 Å². The fourth-order valence-corrected chi connectivity index (χ4v) is 2.89. The van der Waals surface area contributed by atoms with Gasteiger partial charge in [0.05, 0.1) is 7.11 Å². The Kier molecular flexibility index (Phi) is 6.05. The zero-order valence-corrected chi connectivity index (χ0v) is 12.8. The highest BCUT2D eigenvalue weighted by atomic mass is 16.5. The van der Waals surface area contributed by atoms with Gasteiger partial charge in [-0.15, -0.1) is 0 Å². The lowest BCUT2D eigenvalue weighted by atomic mass is 9.76. The van der Waals surface area contributed by atoms with E-state index in [-0.39, 0.29) is 0 Å². The van der Waals surface area contributed by atoms with E-state index in [4.69, 9.17) is 9.47 Å². The number of likely N-dealkylation sites (tertiary alicyclic amines) is 1. The first kappa shape index (κ1) is 16.3. The summed E-state index contributed by atoms with van der Waals surface area (Å²) in [5.41, 5.74) is 1.46. The predicted molar refractivity (Wildman–Crippen MR) is 82.7 cm³/mol. The number of hydrogen-bond donors (Lipinski definition) is 2. The van der Waals surface area contributed by atoms with Crippen LogP contribution in [0.5, 0.6) is 5.75 Å². The van der Waals surface area contributed by atoms with E-state index in [1.54, 1.807) is 26.4 Å². The molecule has 0 saturated carbocycles. The molecular weight excluding hydrogens is 269 g/mol. The number of nitrogens with zero attached hydrogens (tertiary/aromatic N) is 1. The van der Waals surface area contributed by atoms with Crippen LogP contribution in [-0.2, 0) is 11.3 Å². The minimum absolute atomic E-state index is 0.551. The first-order valence-corrected chi connectivity index (χ1v) is 7.38. The SMILES string of the molecule is COCC1CCN(Cc2cc(OC)ccc2B(O)O)CC1. The molecule has 0 spiro atoms. The van der Waals surface area contributed by atoms with E-state index in [1.165, 1.54) is 0 Å². The first-order chi connectivity index (χ1) is 10.1. The molecule has 6 heteroatoms. The number of benzene rings is 1. The van der Waals surface area contributed by atoms with Crippen LogP contribution in [0.15, 0.2) is 18.2 Å². The molecule has 0 aliphatic carbocycles. The molecule has 1 fully saturated rings. The molecule has 0 atom stereocenters. The minimum atomic E-state index is -1.45. The number of ether oxygens (including phenoxy) is 2. The van der Waals surface area contributed by atoms with Gasteiger partial charge in [-0.05, 0) is 55.0 Å². The second-order valence-corrected chi connectivity index (χ2v) is 5.61. The van der Waals surface area contributed by atoms with Gasteiger partial charge < -0.3 is 19.5 Å². The van der Waals surface area contributed by atoms with Crippen LogP contribution in [0.3, 0.4) is 0 Å². The number of piperidine rings is 1. The maximum absolute atomic E-state index is 9.49. The second kappa shape index (κ2) is 7.80. The highest BCUT2D eigenvalue weighted by Crippen LogP contribution is 2.20. The topological polar surface area (TPSA) is 62.2 Å². The summed E-state index contributed by atoms with van der Waals surface area (Å²) in [7, 11) is 1.92. The average molecular weight is 293 g/mol. The number of rotatable bonds is 6. The van der Waals surface area contributed by atoms with Crippen molar-refractivity contribution in [3.63, 3.8) is 0 Å². The molecule has 2 rings (SSSR count). The molecule has 1 heterocycles. The van der Waals surface area contributed by atoms with Gasteiger partial charge in [-0.2, -0.15) is 0 Å². The molecule has 21 heavy (non-hydrogen) atoms. The summed E-state index contributed by atoms with van der Waals surface area (Å²) in [6.07, 6.45) is 2.24. The first-order valence-electron chi connectivity index (χ1n) is 7.38. The van der Waals surface area contributed by atoms with Crippen molar-refractivity contribution in [2.75, 3.05) is 33.9 Å². The quantitative estimate of drug-likeness (QED) is 0.735. The van der Waals surface area contributed by atoms with Crippen LogP contribution >= 0.6 is 0 Å². The molecule has 0 bridgehead atoms. The molecule has 1 aromatic carbocycles. The predicted octanol–water partition coefficient (Wildman–Crippen LogP) is 0.233. The molecule has 2 N–H and O–H groups in total. The van der Waals surface area contributed by atoms with Crippen LogP contribution < -0.4 is 10.2 Å². The van der Waals surface area contributed by atoms with Gasteiger partial charge in [0.2, 0.25) is 0 Å². The molecule has 1 aromatic rings. The Bertz CT molecular complexity index is 447. The third-order valence-electron chi connectivity index (χ3n) is 4.13. The fourth-order valence-electron chi connectivity index (χ4n) is 2.89. The van der Waals surface area contributed by atoms with E-state index in [1.807, 2.05) is 6.07 Å². The molecular formula is C15H24BNO4. The van der Waals surface area contributed by atoms with Gasteiger partial charge in [0, 0.05) is 20.3 Å². The Labute approximate surface area is 126 Å². The second-order valence-electron chi connectivity index (χ2n) is 5.61. The van der Waals surface area contributed by atoms with Crippen molar-refractivity contribution in [1.82, 2.24) is 4.90 Å². The maximum atomic E-state index is 9.49. The smallest absolute Gasteiger partial charge is 0.488 e. The lowest BCUT2D eigenvalue weighted by Gasteiger charge is -2.32. The maximum Gasteiger partial charge on any atom is 0.488 e. The van der Waals surface area contributed by atoms with E-state index in [2.05, 4.69) is 4.90 Å². The molecule has 1 aliphatic rings. The lowest BCUT2D eigenvalue weighted by molar-refractivity contribution is 0.0969. The molecule has 0 aromatic heterocycles. The van der Waals surface area contributed by atoms with E-state index in [9.17, 15) is 10.0 Å². The highest BCUT2D eigenvalue weighted by molar-refractivity contribution is 6.59. The average Bonchev–Trinajstić information content (AvgIpc) is 2.49. The third kappa shape index (κ3) is 4.44. The largest absolute Gasteiger partial charge is 0.497 e. The molecule has 5 nitrogen and oxygen atoms in total.